The Bertz CT molecular complexity index is 1440. The number of aromatic nitrogens is 1. The third kappa shape index (κ3) is 3.45. The first kappa shape index (κ1) is 21.5. The van der Waals surface area contributed by atoms with Gasteiger partial charge in [-0.2, -0.15) is 0 Å². The molecule has 176 valence electrons. The first-order valence-electron chi connectivity index (χ1n) is 11.8. The summed E-state index contributed by atoms with van der Waals surface area (Å²) in [6.07, 6.45) is 2.70. The van der Waals surface area contributed by atoms with Gasteiger partial charge in [-0.3, -0.25) is 9.59 Å². The van der Waals surface area contributed by atoms with E-state index in [-0.39, 0.29) is 28.9 Å². The molecule has 8 heteroatoms. The lowest BCUT2D eigenvalue weighted by molar-refractivity contribution is -0.140. The molecule has 1 aliphatic carbocycles. The molecule has 1 aromatic carbocycles. The second kappa shape index (κ2) is 8.01. The predicted octanol–water partition coefficient (Wildman–Crippen LogP) is 3.51. The van der Waals surface area contributed by atoms with Gasteiger partial charge in [-0.15, -0.1) is 0 Å². The maximum atomic E-state index is 13.3. The summed E-state index contributed by atoms with van der Waals surface area (Å²) >= 11 is 6.53. The molecule has 0 unspecified atom stereocenters. The third-order valence-corrected chi connectivity index (χ3v) is 7.76. The molecule has 3 aliphatic rings. The molecule has 0 spiro atoms. The fourth-order valence-corrected chi connectivity index (χ4v) is 6.16. The smallest absolute Gasteiger partial charge is 0.339 e. The number of aryl methyl sites for hydroxylation is 1. The van der Waals surface area contributed by atoms with Crippen molar-refractivity contribution in [2.24, 2.45) is 5.92 Å². The Kier molecular flexibility index (Phi) is 5.06. The molecule has 3 aromatic rings. The molecular weight excluding hydrogens is 456 g/mol. The lowest BCUT2D eigenvalue weighted by Gasteiger charge is -2.43. The first-order chi connectivity index (χ1) is 16.4. The lowest BCUT2D eigenvalue weighted by atomic mass is 9.83. The van der Waals surface area contributed by atoms with Gasteiger partial charge in [0.05, 0.1) is 5.02 Å². The molecule has 2 aromatic heterocycles. The van der Waals surface area contributed by atoms with Crippen molar-refractivity contribution in [2.45, 2.75) is 51.2 Å². The minimum absolute atomic E-state index is 0.0203. The predicted molar refractivity (Wildman–Crippen MR) is 128 cm³/mol. The van der Waals surface area contributed by atoms with E-state index in [1.165, 1.54) is 0 Å². The van der Waals surface area contributed by atoms with E-state index in [1.54, 1.807) is 31.2 Å². The molecule has 4 heterocycles. The maximum absolute atomic E-state index is 13.3. The van der Waals surface area contributed by atoms with Crippen LogP contribution in [0.4, 0.5) is 0 Å². The zero-order chi connectivity index (χ0) is 23.6. The van der Waals surface area contributed by atoms with E-state index in [9.17, 15) is 14.4 Å². The number of halogens is 1. The number of ether oxygens (including phenoxy) is 1. The molecule has 0 N–H and O–H groups in total. The summed E-state index contributed by atoms with van der Waals surface area (Å²) in [5.74, 6) is 0.583. The number of nitrogens with zero attached hydrogens (tertiary/aromatic N) is 2. The molecule has 7 nitrogen and oxygen atoms in total. The van der Waals surface area contributed by atoms with E-state index in [0.29, 0.717) is 36.0 Å². The van der Waals surface area contributed by atoms with Gasteiger partial charge < -0.3 is 18.6 Å². The van der Waals surface area contributed by atoms with Gasteiger partial charge in [0.2, 0.25) is 0 Å². The van der Waals surface area contributed by atoms with Gasteiger partial charge in [-0.25, -0.2) is 4.79 Å². The van der Waals surface area contributed by atoms with Gasteiger partial charge in [0, 0.05) is 54.3 Å². The van der Waals surface area contributed by atoms with Crippen LogP contribution in [0.2, 0.25) is 5.02 Å². The molecule has 1 amide bonds. The molecule has 3 atom stereocenters. The van der Waals surface area contributed by atoms with E-state index in [1.807, 2.05) is 15.5 Å². The average molecular weight is 481 g/mol. The van der Waals surface area contributed by atoms with Crippen molar-refractivity contribution in [3.63, 3.8) is 0 Å². The number of likely N-dealkylation sites (tertiary alicyclic amines) is 1. The molecule has 6 rings (SSSR count). The van der Waals surface area contributed by atoms with Crippen molar-refractivity contribution in [1.82, 2.24) is 9.47 Å². The summed E-state index contributed by atoms with van der Waals surface area (Å²) in [4.78, 5) is 39.7. The van der Waals surface area contributed by atoms with Crippen molar-refractivity contribution in [2.75, 3.05) is 13.1 Å². The highest BCUT2D eigenvalue weighted by Crippen LogP contribution is 2.37. The lowest BCUT2D eigenvalue weighted by Crippen LogP contribution is -2.52. The number of carbonyl (C=O) groups is 1. The monoisotopic (exact) mass is 480 g/mol. The quantitative estimate of drug-likeness (QED) is 0.536. The summed E-state index contributed by atoms with van der Waals surface area (Å²) in [6, 6.07) is 8.75. The van der Waals surface area contributed by atoms with Gasteiger partial charge in [-0.1, -0.05) is 17.7 Å². The topological polar surface area (TPSA) is 81.8 Å². The van der Waals surface area contributed by atoms with E-state index < -0.39 is 6.10 Å². The zero-order valence-corrected chi connectivity index (χ0v) is 19.6. The minimum Gasteiger partial charge on any atom is -0.479 e. The number of benzene rings is 1. The fraction of sp³-hybridized carbons (Fsp3) is 0.423. The van der Waals surface area contributed by atoms with Crippen LogP contribution >= 0.6 is 11.6 Å². The number of hydrogen-bond acceptors (Lipinski definition) is 5. The van der Waals surface area contributed by atoms with Crippen LogP contribution in [-0.2, 0) is 24.2 Å². The maximum Gasteiger partial charge on any atom is 0.339 e. The molecule has 0 radical (unpaired) electrons. The summed E-state index contributed by atoms with van der Waals surface area (Å²) < 4.78 is 13.4. The fourth-order valence-electron chi connectivity index (χ4n) is 5.95. The number of pyridine rings is 1. The van der Waals surface area contributed by atoms with Crippen LogP contribution in [0.5, 0.6) is 5.75 Å². The Morgan fingerprint density at radius 1 is 1.15 bits per heavy atom. The van der Waals surface area contributed by atoms with Crippen molar-refractivity contribution >= 4 is 28.5 Å². The van der Waals surface area contributed by atoms with E-state index in [2.05, 4.69) is 0 Å². The molecule has 2 aliphatic heterocycles. The highest BCUT2D eigenvalue weighted by atomic mass is 35.5. The van der Waals surface area contributed by atoms with Crippen LogP contribution < -0.4 is 15.9 Å². The van der Waals surface area contributed by atoms with E-state index in [4.69, 9.17) is 20.8 Å². The second-order valence-corrected chi connectivity index (χ2v) is 10.1. The van der Waals surface area contributed by atoms with Crippen molar-refractivity contribution in [1.29, 1.82) is 0 Å². The molecule has 0 saturated carbocycles. The van der Waals surface area contributed by atoms with Crippen LogP contribution in [-0.4, -0.2) is 34.6 Å². The number of hydrogen-bond donors (Lipinski definition) is 0. The van der Waals surface area contributed by atoms with Crippen LogP contribution in [0.25, 0.3) is 11.0 Å². The van der Waals surface area contributed by atoms with Crippen LogP contribution in [0.1, 0.15) is 42.5 Å². The highest BCUT2D eigenvalue weighted by Gasteiger charge is 2.37. The highest BCUT2D eigenvalue weighted by molar-refractivity contribution is 6.32. The van der Waals surface area contributed by atoms with Gasteiger partial charge in [0.1, 0.15) is 11.3 Å². The summed E-state index contributed by atoms with van der Waals surface area (Å²) in [5.41, 5.74) is 2.88. The first-order valence-corrected chi connectivity index (χ1v) is 12.2. The van der Waals surface area contributed by atoms with E-state index in [0.717, 1.165) is 47.9 Å². The zero-order valence-electron chi connectivity index (χ0n) is 18.9. The third-order valence-electron chi connectivity index (χ3n) is 7.47. The van der Waals surface area contributed by atoms with Crippen LogP contribution in [0.15, 0.2) is 44.3 Å². The summed E-state index contributed by atoms with van der Waals surface area (Å²) in [5, 5.41) is 1.22. The van der Waals surface area contributed by atoms with Gasteiger partial charge >= 0.3 is 5.63 Å². The Balaban J connectivity index is 1.24. The van der Waals surface area contributed by atoms with Crippen molar-refractivity contribution < 1.29 is 13.9 Å². The van der Waals surface area contributed by atoms with Crippen molar-refractivity contribution in [3.8, 4) is 5.75 Å². The van der Waals surface area contributed by atoms with E-state index >= 15 is 0 Å². The van der Waals surface area contributed by atoms with Gasteiger partial charge in [0.25, 0.3) is 11.5 Å². The number of piperidine rings is 1. The Hall–Kier alpha value is -3.06. The molecule has 1 fully saturated rings. The summed E-state index contributed by atoms with van der Waals surface area (Å²) in [6.45, 7) is 3.49. The molecule has 1 saturated heterocycles. The van der Waals surface area contributed by atoms with Gasteiger partial charge in [0.15, 0.2) is 6.10 Å². The Morgan fingerprint density at radius 2 is 1.97 bits per heavy atom. The molecule has 34 heavy (non-hydrogen) atoms. The van der Waals surface area contributed by atoms with Gasteiger partial charge in [-0.05, 0) is 56.2 Å². The van der Waals surface area contributed by atoms with Crippen LogP contribution in [0, 0.1) is 5.92 Å². The standard InChI is InChI=1S/C26H25ClN2O5/c1-14(25(31)28-11-15-8-16(13-28)21-6-3-7-24(30)29(21)12-15)33-23-10-22-19(9-20(23)27)17-4-2-5-18(17)26(32)34-22/h3,6-7,9-10,14-16H,2,4-5,8,11-13H2,1H3/t14-,15-,16+/m1/s1. The van der Waals surface area contributed by atoms with Crippen LogP contribution in [0.3, 0.4) is 0 Å². The largest absolute Gasteiger partial charge is 0.479 e. The minimum atomic E-state index is -0.757. The SMILES string of the molecule is C[C@@H](Oc1cc2oc(=O)c3c(c2cc1Cl)CCC3)C(=O)N1C[C@H]2C[C@@H](C1)c1cccc(=O)n1C2. The number of carbonyl (C=O) groups excluding carboxylic acids is 1. The average Bonchev–Trinajstić information content (AvgIpc) is 3.31. The Labute approximate surface area is 200 Å². The normalized spacial score (nSPS) is 21.8. The molecular formula is C26H25ClN2O5. The molecule has 2 bridgehead atoms. The number of rotatable bonds is 3. The second-order valence-electron chi connectivity index (χ2n) is 9.68. The number of amides is 1. The Morgan fingerprint density at radius 3 is 2.82 bits per heavy atom. The van der Waals surface area contributed by atoms with Crippen molar-refractivity contribution in [3.05, 3.63) is 72.9 Å². The number of fused-ring (bicyclic) bond motifs is 7. The summed E-state index contributed by atoms with van der Waals surface area (Å²) in [7, 11) is 0.